The van der Waals surface area contributed by atoms with E-state index in [1.54, 1.807) is 0 Å². The van der Waals surface area contributed by atoms with Gasteiger partial charge in [-0.25, -0.2) is 8.42 Å². The first-order chi connectivity index (χ1) is 14.7. The van der Waals surface area contributed by atoms with E-state index in [4.69, 9.17) is 23.2 Å². The minimum absolute atomic E-state index is 0.0334. The Morgan fingerprint density at radius 3 is 2.29 bits per heavy atom. The molecule has 0 atom stereocenters. The predicted molar refractivity (Wildman–Crippen MR) is 123 cm³/mol. The Labute approximate surface area is 192 Å². The molecule has 2 aromatic carbocycles. The molecule has 2 rings (SSSR count). The van der Waals surface area contributed by atoms with Crippen LogP contribution in [0.2, 0.25) is 10.0 Å². The zero-order valence-electron chi connectivity index (χ0n) is 17.3. The number of rotatable bonds is 10. The van der Waals surface area contributed by atoms with E-state index in [2.05, 4.69) is 10.0 Å². The number of sulfonamides is 1. The maximum Gasteiger partial charge on any atom is 0.263 e. The van der Waals surface area contributed by atoms with E-state index in [1.165, 1.54) is 47.4 Å². The fourth-order valence-electron chi connectivity index (χ4n) is 2.77. The molecular weight excluding hydrogens is 461 g/mol. The summed E-state index contributed by atoms with van der Waals surface area (Å²) in [4.78, 5) is 26.2. The van der Waals surface area contributed by atoms with Crippen molar-refractivity contribution in [2.75, 3.05) is 24.4 Å². The van der Waals surface area contributed by atoms with Crippen molar-refractivity contribution in [1.82, 2.24) is 10.2 Å². The normalized spacial score (nSPS) is 11.1. The number of carbonyl (C=O) groups is 2. The smallest absolute Gasteiger partial charge is 0.263 e. The molecule has 168 valence electrons. The highest BCUT2D eigenvalue weighted by atomic mass is 35.5. The van der Waals surface area contributed by atoms with Crippen LogP contribution in [0.1, 0.15) is 37.0 Å². The van der Waals surface area contributed by atoms with Gasteiger partial charge in [0.2, 0.25) is 5.91 Å². The van der Waals surface area contributed by atoms with Crippen LogP contribution in [0.3, 0.4) is 0 Å². The number of anilines is 1. The van der Waals surface area contributed by atoms with Crippen molar-refractivity contribution >= 4 is 50.7 Å². The summed E-state index contributed by atoms with van der Waals surface area (Å²) in [6.45, 7) is 4.82. The second kappa shape index (κ2) is 11.4. The number of hydrogen-bond donors (Lipinski definition) is 2. The number of benzene rings is 2. The first kappa shape index (κ1) is 25.0. The molecule has 7 nitrogen and oxygen atoms in total. The Balaban J connectivity index is 2.14. The van der Waals surface area contributed by atoms with Crippen molar-refractivity contribution in [1.29, 1.82) is 0 Å². The number of amides is 2. The number of halogens is 2. The topological polar surface area (TPSA) is 95.6 Å². The third-order valence-corrected chi connectivity index (χ3v) is 6.35. The van der Waals surface area contributed by atoms with Crippen LogP contribution in [0.15, 0.2) is 47.4 Å². The molecule has 0 aliphatic heterocycles. The lowest BCUT2D eigenvalue weighted by Crippen LogP contribution is -2.41. The maximum absolute atomic E-state index is 12.8. The number of nitrogens with one attached hydrogen (secondary N) is 2. The van der Waals surface area contributed by atoms with Gasteiger partial charge in [-0.05, 0) is 55.3 Å². The minimum Gasteiger partial charge on any atom is -0.355 e. The highest BCUT2D eigenvalue weighted by Crippen LogP contribution is 2.27. The zero-order valence-corrected chi connectivity index (χ0v) is 19.6. The van der Waals surface area contributed by atoms with Gasteiger partial charge in [-0.15, -0.1) is 0 Å². The fraction of sp³-hybridized carbons (Fsp3) is 0.333. The Hall–Kier alpha value is -2.29. The van der Waals surface area contributed by atoms with Gasteiger partial charge in [0.15, 0.2) is 0 Å². The lowest BCUT2D eigenvalue weighted by atomic mass is 10.1. The highest BCUT2D eigenvalue weighted by molar-refractivity contribution is 7.92. The van der Waals surface area contributed by atoms with Crippen LogP contribution < -0.4 is 10.0 Å². The molecule has 0 fully saturated rings. The minimum atomic E-state index is -3.96. The average molecular weight is 486 g/mol. The lowest BCUT2D eigenvalue weighted by molar-refractivity contribution is -0.121. The summed E-state index contributed by atoms with van der Waals surface area (Å²) in [5.41, 5.74) is 0.607. The first-order valence-corrected chi connectivity index (χ1v) is 12.1. The summed E-state index contributed by atoms with van der Waals surface area (Å²) >= 11 is 11.9. The second-order valence-electron chi connectivity index (χ2n) is 6.83. The van der Waals surface area contributed by atoms with Crippen LogP contribution in [-0.4, -0.2) is 44.8 Å². The SMILES string of the molecule is CCCNC(=O)CN(CCC)C(=O)c1ccc(NS(=O)(=O)c2cc(Cl)ccc2Cl)cc1. The molecular formula is C21H25Cl2N3O4S. The lowest BCUT2D eigenvalue weighted by Gasteiger charge is -2.22. The van der Waals surface area contributed by atoms with Gasteiger partial charge in [-0.2, -0.15) is 0 Å². The Bertz CT molecular complexity index is 1030. The average Bonchev–Trinajstić information content (AvgIpc) is 2.73. The molecule has 2 N–H and O–H groups in total. The van der Waals surface area contributed by atoms with Crippen molar-refractivity contribution in [2.45, 2.75) is 31.6 Å². The molecule has 2 amide bonds. The molecule has 0 aromatic heterocycles. The molecule has 0 saturated heterocycles. The predicted octanol–water partition coefficient (Wildman–Crippen LogP) is 4.17. The first-order valence-electron chi connectivity index (χ1n) is 9.81. The van der Waals surface area contributed by atoms with Gasteiger partial charge in [0.1, 0.15) is 4.90 Å². The second-order valence-corrected chi connectivity index (χ2v) is 9.33. The zero-order chi connectivity index (χ0) is 23.0. The van der Waals surface area contributed by atoms with Gasteiger partial charge in [0.25, 0.3) is 15.9 Å². The third-order valence-electron chi connectivity index (χ3n) is 4.25. The van der Waals surface area contributed by atoms with Crippen LogP contribution in [0.5, 0.6) is 0 Å². The largest absolute Gasteiger partial charge is 0.355 e. The molecule has 0 aliphatic rings. The van der Waals surface area contributed by atoms with Gasteiger partial charge in [-0.3, -0.25) is 14.3 Å². The monoisotopic (exact) mass is 485 g/mol. The van der Waals surface area contributed by atoms with E-state index in [0.29, 0.717) is 25.1 Å². The van der Waals surface area contributed by atoms with E-state index in [9.17, 15) is 18.0 Å². The molecule has 0 unspecified atom stereocenters. The molecule has 2 aromatic rings. The molecule has 31 heavy (non-hydrogen) atoms. The van der Waals surface area contributed by atoms with Crippen LogP contribution >= 0.6 is 23.2 Å². The van der Waals surface area contributed by atoms with E-state index in [-0.39, 0.29) is 39.0 Å². The molecule has 0 bridgehead atoms. The van der Waals surface area contributed by atoms with Crippen LogP contribution in [0.25, 0.3) is 0 Å². The van der Waals surface area contributed by atoms with Crippen molar-refractivity contribution in [3.8, 4) is 0 Å². The van der Waals surface area contributed by atoms with E-state index in [1.807, 2.05) is 13.8 Å². The quantitative estimate of drug-likeness (QED) is 0.527. The van der Waals surface area contributed by atoms with Gasteiger partial charge in [-0.1, -0.05) is 37.0 Å². The summed E-state index contributed by atoms with van der Waals surface area (Å²) in [5, 5.41) is 3.04. The summed E-state index contributed by atoms with van der Waals surface area (Å²) in [7, 11) is -3.96. The summed E-state index contributed by atoms with van der Waals surface area (Å²) < 4.78 is 27.7. The molecule has 0 aliphatic carbocycles. The summed E-state index contributed by atoms with van der Waals surface area (Å²) in [6, 6.07) is 10.1. The summed E-state index contributed by atoms with van der Waals surface area (Å²) in [5.74, 6) is -0.521. The molecule has 0 radical (unpaired) electrons. The third kappa shape index (κ3) is 7.12. The van der Waals surface area contributed by atoms with E-state index in [0.717, 1.165) is 6.42 Å². The van der Waals surface area contributed by atoms with Gasteiger partial charge in [0.05, 0.1) is 11.6 Å². The molecule has 0 heterocycles. The highest BCUT2D eigenvalue weighted by Gasteiger charge is 2.20. The van der Waals surface area contributed by atoms with Crippen molar-refractivity contribution in [3.63, 3.8) is 0 Å². The van der Waals surface area contributed by atoms with Crippen LogP contribution in [-0.2, 0) is 14.8 Å². The number of carbonyl (C=O) groups excluding carboxylic acids is 2. The van der Waals surface area contributed by atoms with Gasteiger partial charge >= 0.3 is 0 Å². The Morgan fingerprint density at radius 1 is 1.00 bits per heavy atom. The maximum atomic E-state index is 12.8. The van der Waals surface area contributed by atoms with Crippen molar-refractivity contribution in [2.24, 2.45) is 0 Å². The van der Waals surface area contributed by atoms with Gasteiger partial charge < -0.3 is 10.2 Å². The van der Waals surface area contributed by atoms with Crippen LogP contribution in [0.4, 0.5) is 5.69 Å². The van der Waals surface area contributed by atoms with E-state index >= 15 is 0 Å². The standard InChI is InChI=1S/C21H25Cl2N3O4S/c1-3-11-24-20(27)14-26(12-4-2)21(28)15-5-8-17(9-6-15)25-31(29,30)19-13-16(22)7-10-18(19)23/h5-10,13,25H,3-4,11-12,14H2,1-2H3,(H,24,27). The van der Waals surface area contributed by atoms with Gasteiger partial charge in [0, 0.05) is 29.4 Å². The Morgan fingerprint density at radius 2 is 1.68 bits per heavy atom. The number of nitrogens with zero attached hydrogens (tertiary/aromatic N) is 1. The molecule has 10 heteroatoms. The van der Waals surface area contributed by atoms with Crippen molar-refractivity contribution < 1.29 is 18.0 Å². The molecule has 0 saturated carbocycles. The van der Waals surface area contributed by atoms with Crippen LogP contribution in [0, 0.1) is 0 Å². The summed E-state index contributed by atoms with van der Waals surface area (Å²) in [6.07, 6.45) is 1.51. The fourth-order valence-corrected chi connectivity index (χ4v) is 4.59. The molecule has 0 spiro atoms. The Kier molecular flexibility index (Phi) is 9.15. The number of hydrogen-bond acceptors (Lipinski definition) is 4. The van der Waals surface area contributed by atoms with E-state index < -0.39 is 10.0 Å². The van der Waals surface area contributed by atoms with Crippen molar-refractivity contribution in [3.05, 3.63) is 58.1 Å².